The Hall–Kier alpha value is -4.12. The summed E-state index contributed by atoms with van der Waals surface area (Å²) in [5.74, 6) is -2.36. The summed E-state index contributed by atoms with van der Waals surface area (Å²) >= 11 is 6.20. The van der Waals surface area contributed by atoms with Crippen LogP contribution in [0.25, 0.3) is 28.0 Å². The number of nitrogens with zero attached hydrogens (tertiary/aromatic N) is 6. The SMILES string of the molecule is Cc1nn(CC2CC2)cc1-c1c(N)nc(-n2nc(Cc3c(F)ccc(F)c3F)c3cc(Cl)ccc32)nc1N. The van der Waals surface area contributed by atoms with Crippen LogP contribution in [0.15, 0.2) is 36.5 Å². The van der Waals surface area contributed by atoms with Crippen LogP contribution in [-0.4, -0.2) is 29.5 Å². The monoisotopic (exact) mass is 538 g/mol. The van der Waals surface area contributed by atoms with E-state index in [0.29, 0.717) is 27.4 Å². The molecule has 1 saturated carbocycles. The normalized spacial score (nSPS) is 13.5. The first-order chi connectivity index (χ1) is 18.2. The summed E-state index contributed by atoms with van der Waals surface area (Å²) in [6.45, 7) is 2.70. The molecule has 0 amide bonds. The van der Waals surface area contributed by atoms with Gasteiger partial charge in [0.05, 0.1) is 22.5 Å². The number of hydrogen-bond donors (Lipinski definition) is 2. The molecule has 5 aromatic rings. The van der Waals surface area contributed by atoms with E-state index in [0.717, 1.165) is 29.9 Å². The van der Waals surface area contributed by atoms with E-state index in [1.807, 2.05) is 17.8 Å². The van der Waals surface area contributed by atoms with E-state index in [9.17, 15) is 13.2 Å². The van der Waals surface area contributed by atoms with Crippen molar-refractivity contribution in [1.82, 2.24) is 29.5 Å². The standard InChI is InChI=1S/C26H22ClF3N8/c1-12-17(11-37(35-12)10-13-2-3-13)22-24(31)33-26(34-25(22)32)38-21-7-4-14(27)8-16(21)20(36-38)9-15-18(28)5-6-19(29)23(15)30/h4-8,11,13H,2-3,9-10H2,1H3,(H4,31,32,33,34). The third-order valence-corrected chi connectivity index (χ3v) is 6.94. The molecule has 12 heteroatoms. The Balaban J connectivity index is 1.44. The van der Waals surface area contributed by atoms with E-state index in [1.54, 1.807) is 18.2 Å². The van der Waals surface area contributed by atoms with Gasteiger partial charge in [0.15, 0.2) is 11.6 Å². The fraction of sp³-hybridized carbons (Fsp3) is 0.231. The molecule has 4 N–H and O–H groups in total. The fourth-order valence-corrected chi connectivity index (χ4v) is 4.78. The summed E-state index contributed by atoms with van der Waals surface area (Å²) in [6, 6.07) is 6.51. The molecule has 1 aliphatic rings. The predicted molar refractivity (Wildman–Crippen MR) is 138 cm³/mol. The lowest BCUT2D eigenvalue weighted by Gasteiger charge is -2.10. The van der Waals surface area contributed by atoms with Crippen molar-refractivity contribution in [2.75, 3.05) is 11.5 Å². The van der Waals surface area contributed by atoms with Gasteiger partial charge in [-0.1, -0.05) is 11.6 Å². The number of anilines is 2. The number of nitrogen functional groups attached to an aromatic ring is 2. The number of aryl methyl sites for hydroxylation is 1. The van der Waals surface area contributed by atoms with Gasteiger partial charge in [0, 0.05) is 40.7 Å². The zero-order valence-corrected chi connectivity index (χ0v) is 21.0. The van der Waals surface area contributed by atoms with E-state index in [1.165, 1.54) is 17.5 Å². The van der Waals surface area contributed by atoms with Crippen molar-refractivity contribution in [1.29, 1.82) is 0 Å². The van der Waals surface area contributed by atoms with Crippen molar-refractivity contribution in [3.05, 3.63) is 76.0 Å². The van der Waals surface area contributed by atoms with Crippen LogP contribution in [0.5, 0.6) is 0 Å². The molecule has 6 rings (SSSR count). The second-order valence-corrected chi connectivity index (χ2v) is 9.92. The third-order valence-electron chi connectivity index (χ3n) is 6.70. The Morgan fingerprint density at radius 1 is 1.00 bits per heavy atom. The van der Waals surface area contributed by atoms with Gasteiger partial charge in [0.2, 0.25) is 0 Å². The molecule has 0 aliphatic heterocycles. The largest absolute Gasteiger partial charge is 0.383 e. The maximum atomic E-state index is 14.4. The number of nitrogens with two attached hydrogens (primary N) is 2. The maximum Gasteiger partial charge on any atom is 0.255 e. The Bertz CT molecular complexity index is 1700. The summed E-state index contributed by atoms with van der Waals surface area (Å²) in [7, 11) is 0. The molecule has 0 spiro atoms. The van der Waals surface area contributed by atoms with E-state index in [-0.39, 0.29) is 29.7 Å². The molecule has 38 heavy (non-hydrogen) atoms. The van der Waals surface area contributed by atoms with Crippen molar-refractivity contribution < 1.29 is 13.2 Å². The van der Waals surface area contributed by atoms with Crippen LogP contribution < -0.4 is 11.5 Å². The van der Waals surface area contributed by atoms with Crippen molar-refractivity contribution in [3.8, 4) is 17.1 Å². The molecule has 1 aliphatic carbocycles. The maximum absolute atomic E-state index is 14.4. The van der Waals surface area contributed by atoms with Crippen LogP contribution in [0, 0.1) is 30.3 Å². The molecule has 0 bridgehead atoms. The highest BCUT2D eigenvalue weighted by Gasteiger charge is 2.25. The van der Waals surface area contributed by atoms with Gasteiger partial charge in [0.25, 0.3) is 5.95 Å². The van der Waals surface area contributed by atoms with Gasteiger partial charge in [0.1, 0.15) is 17.5 Å². The molecule has 194 valence electrons. The second-order valence-electron chi connectivity index (χ2n) is 9.48. The first kappa shape index (κ1) is 24.2. The minimum atomic E-state index is -1.28. The lowest BCUT2D eigenvalue weighted by Crippen LogP contribution is -2.10. The average Bonchev–Trinajstić information content (AvgIpc) is 3.51. The number of rotatable bonds is 6. The molecule has 0 unspecified atom stereocenters. The van der Waals surface area contributed by atoms with Crippen LogP contribution in [0.2, 0.25) is 5.02 Å². The Labute approximate surface area is 220 Å². The van der Waals surface area contributed by atoms with Crippen LogP contribution in [0.3, 0.4) is 0 Å². The molecule has 8 nitrogen and oxygen atoms in total. The van der Waals surface area contributed by atoms with E-state index in [2.05, 4.69) is 20.2 Å². The number of aromatic nitrogens is 6. The van der Waals surface area contributed by atoms with E-state index in [4.69, 9.17) is 23.1 Å². The van der Waals surface area contributed by atoms with Gasteiger partial charge >= 0.3 is 0 Å². The van der Waals surface area contributed by atoms with Crippen molar-refractivity contribution in [2.45, 2.75) is 32.7 Å². The highest BCUT2D eigenvalue weighted by molar-refractivity contribution is 6.31. The highest BCUT2D eigenvalue weighted by Crippen LogP contribution is 2.35. The van der Waals surface area contributed by atoms with Crippen LogP contribution in [0.4, 0.5) is 24.8 Å². The lowest BCUT2D eigenvalue weighted by atomic mass is 10.1. The molecule has 0 radical (unpaired) electrons. The van der Waals surface area contributed by atoms with Crippen molar-refractivity contribution in [3.63, 3.8) is 0 Å². The van der Waals surface area contributed by atoms with E-state index < -0.39 is 23.0 Å². The molecule has 3 aromatic heterocycles. The molecule has 1 fully saturated rings. The molecule has 0 atom stereocenters. The van der Waals surface area contributed by atoms with Crippen LogP contribution >= 0.6 is 11.6 Å². The Kier molecular flexibility index (Phi) is 5.75. The zero-order chi connectivity index (χ0) is 26.7. The third kappa shape index (κ3) is 4.22. The Morgan fingerprint density at radius 2 is 1.71 bits per heavy atom. The van der Waals surface area contributed by atoms with Gasteiger partial charge in [-0.3, -0.25) is 4.68 Å². The van der Waals surface area contributed by atoms with Gasteiger partial charge < -0.3 is 11.5 Å². The molecular weight excluding hydrogens is 517 g/mol. The summed E-state index contributed by atoms with van der Waals surface area (Å²) in [4.78, 5) is 8.91. The molecule has 0 saturated heterocycles. The minimum absolute atomic E-state index is 0.0607. The van der Waals surface area contributed by atoms with Crippen molar-refractivity contribution >= 4 is 34.1 Å². The minimum Gasteiger partial charge on any atom is -0.383 e. The fourth-order valence-electron chi connectivity index (χ4n) is 4.61. The van der Waals surface area contributed by atoms with Gasteiger partial charge in [-0.25, -0.2) is 13.2 Å². The molecule has 2 aromatic carbocycles. The van der Waals surface area contributed by atoms with E-state index >= 15 is 0 Å². The quantitative estimate of drug-likeness (QED) is 0.286. The zero-order valence-electron chi connectivity index (χ0n) is 20.2. The first-order valence-electron chi connectivity index (χ1n) is 12.0. The van der Waals surface area contributed by atoms with Crippen LogP contribution in [0.1, 0.15) is 29.8 Å². The molecule has 3 heterocycles. The van der Waals surface area contributed by atoms with Crippen molar-refractivity contribution in [2.24, 2.45) is 5.92 Å². The number of hydrogen-bond acceptors (Lipinski definition) is 6. The predicted octanol–water partition coefficient (Wildman–Crippen LogP) is 5.22. The first-order valence-corrected chi connectivity index (χ1v) is 12.3. The summed E-state index contributed by atoms with van der Waals surface area (Å²) in [5, 5.41) is 9.95. The average molecular weight is 539 g/mol. The Morgan fingerprint density at radius 3 is 2.42 bits per heavy atom. The van der Waals surface area contributed by atoms with Gasteiger partial charge in [-0.15, -0.1) is 0 Å². The van der Waals surface area contributed by atoms with Gasteiger partial charge in [-0.2, -0.15) is 24.8 Å². The van der Waals surface area contributed by atoms with Crippen LogP contribution in [-0.2, 0) is 13.0 Å². The topological polar surface area (TPSA) is 113 Å². The molecular formula is C26H22ClF3N8. The number of fused-ring (bicyclic) bond motifs is 1. The summed E-state index contributed by atoms with van der Waals surface area (Å²) in [6.07, 6.45) is 3.95. The smallest absolute Gasteiger partial charge is 0.255 e. The number of benzene rings is 2. The number of halogens is 4. The summed E-state index contributed by atoms with van der Waals surface area (Å²) < 4.78 is 45.9. The summed E-state index contributed by atoms with van der Waals surface area (Å²) in [5.41, 5.74) is 15.0. The second kappa shape index (κ2) is 9.02. The van der Waals surface area contributed by atoms with Gasteiger partial charge in [-0.05, 0) is 56.0 Å². The lowest BCUT2D eigenvalue weighted by molar-refractivity contribution is 0.482. The highest BCUT2D eigenvalue weighted by atomic mass is 35.5.